The van der Waals surface area contributed by atoms with E-state index < -0.39 is 513 Å². The van der Waals surface area contributed by atoms with E-state index in [9.17, 15) is 27.4 Å². The minimum absolute atomic E-state index is 0.373. The summed E-state index contributed by atoms with van der Waals surface area (Å²) in [6, 6.07) is -49.0. The van der Waals surface area contributed by atoms with Gasteiger partial charge in [0.25, 0.3) is 0 Å². The first-order valence-electron chi connectivity index (χ1n) is 54.6. The van der Waals surface area contributed by atoms with Crippen LogP contribution in [0.25, 0.3) is 186 Å². The predicted octanol–water partition coefficient (Wildman–Crippen LogP) is 25.8. The van der Waals surface area contributed by atoms with Gasteiger partial charge in [-0.2, -0.15) is 0 Å². The zero-order valence-electron chi connectivity index (χ0n) is 101. The smallest absolute Gasteiger partial charge is 0.136 e. The first-order valence-corrected chi connectivity index (χ1v) is 27.1. The van der Waals surface area contributed by atoms with E-state index in [0.717, 1.165) is 6.07 Å². The topological polar surface area (TPSA) is 26.3 Å². The Kier molecular flexibility index (Phi) is 5.13. The van der Waals surface area contributed by atoms with Gasteiger partial charge in [-0.25, -0.2) is 0 Å². The molecule has 0 N–H and O–H groups in total. The molecule has 0 fully saturated rings. The molecule has 0 radical (unpaired) electrons. The molecule has 0 spiro atoms. The average Bonchev–Trinajstić information content (AvgIpc) is 1.52. The molecule has 19 aromatic rings. The maximum Gasteiger partial charge on any atom is 0.136 e. The summed E-state index contributed by atoms with van der Waals surface area (Å²) in [6.07, 6.45) is 0. The highest BCUT2D eigenvalue weighted by atomic mass is 16.3. The normalized spacial score (nSPS) is 20.1. The summed E-state index contributed by atoms with van der Waals surface area (Å²) in [5, 5.41) is -9.43. The molecule has 2 nitrogen and oxygen atoms in total. The van der Waals surface area contributed by atoms with Crippen LogP contribution in [0.1, 0.15) is 75.4 Å². The highest BCUT2D eigenvalue weighted by Crippen LogP contribution is 2.48. The van der Waals surface area contributed by atoms with Crippen molar-refractivity contribution in [1.29, 1.82) is 0 Å². The second-order valence-corrected chi connectivity index (χ2v) is 19.8. The van der Waals surface area contributed by atoms with E-state index in [4.69, 9.17) is 56.8 Å². The summed E-state index contributed by atoms with van der Waals surface area (Å²) in [5.74, 6) is 0. The first-order chi connectivity index (χ1) is 68.5. The molecule has 2 aromatic heterocycles. The molecular formula is C90H56O2. The molecule has 92 heavy (non-hydrogen) atoms. The lowest BCUT2D eigenvalue weighted by Crippen LogP contribution is -1.91. The molecule has 0 bridgehead atoms. The Labute approximate surface area is 609 Å². The maximum absolute atomic E-state index is 9.89. The van der Waals surface area contributed by atoms with Gasteiger partial charge in [0.15, 0.2) is 0 Å². The number of furan rings is 2. The Hall–Kier alpha value is -12.1. The van der Waals surface area contributed by atoms with Crippen molar-refractivity contribution in [3.8, 4) is 77.9 Å². The third kappa shape index (κ3) is 8.87. The van der Waals surface area contributed by atoms with Crippen molar-refractivity contribution in [2.45, 2.75) is 0 Å². The van der Waals surface area contributed by atoms with Gasteiger partial charge < -0.3 is 8.83 Å². The van der Waals surface area contributed by atoms with Gasteiger partial charge in [-0.05, 0) is 185 Å². The third-order valence-electron chi connectivity index (χ3n) is 14.8. The summed E-state index contributed by atoms with van der Waals surface area (Å²) >= 11 is 0. The van der Waals surface area contributed by atoms with E-state index >= 15 is 0 Å². The van der Waals surface area contributed by atoms with Crippen LogP contribution in [0, 0.1) is 0 Å². The molecule has 0 unspecified atom stereocenters. The van der Waals surface area contributed by atoms with Gasteiger partial charge in [-0.3, -0.25) is 0 Å². The number of hydrogen-bond acceptors (Lipinski definition) is 2. The van der Waals surface area contributed by atoms with E-state index in [-0.39, 0.29) is 5.39 Å². The molecule has 19 rings (SSSR count). The van der Waals surface area contributed by atoms with Gasteiger partial charge in [-0.1, -0.05) is 296 Å². The van der Waals surface area contributed by atoms with Crippen LogP contribution in [0.5, 0.6) is 0 Å². The quantitative estimate of drug-likeness (QED) is 0.149. The lowest BCUT2D eigenvalue weighted by molar-refractivity contribution is 0.669. The number of benzene rings is 17. The van der Waals surface area contributed by atoms with Gasteiger partial charge in [0.2, 0.25) is 0 Å². The average molecular weight is 1220 g/mol. The van der Waals surface area contributed by atoms with Crippen LogP contribution >= 0.6 is 0 Å². The molecule has 0 aliphatic rings. The summed E-state index contributed by atoms with van der Waals surface area (Å²) in [6.45, 7) is 0. The van der Waals surface area contributed by atoms with Gasteiger partial charge in [0, 0.05) is 21.5 Å². The summed E-state index contributed by atoms with van der Waals surface area (Å²) in [7, 11) is 0. The van der Waals surface area contributed by atoms with Gasteiger partial charge in [0.1, 0.15) is 22.3 Å². The zero-order valence-corrected chi connectivity index (χ0v) is 45.9. The SMILES string of the molecule is [2H]c1c([2H])c([2H])c(-c2c([2H])c([2H])c(-c3c([2H])c([2H])c(-c4c5c([2H])c([2H])c([2H])c([2H])c5c(-c5c([2H])c([2H])c6oc7c([2H])c([2H])c8c([2H])c([2H])c([2H])c([2H])c8c7c6c5[2H])c5c([2H])c([2H])c([2H])c([2H])c45)c([2H])c3[2H])c([2H])c2[2H])c([2H])c1[2H].[2H]c1cc(-c2c([2H])c([2H])c([2H])c([2H])c2[2H])c([2H])c(-c2c3c([2H])c([2H])c([2H])c([2H])c3c(-c3c([2H])c([2H])c4oc5c([2H])c([2H])c6c([2H])c([2H])c([2H])c([2H])c6c5c4c3[2H])c3c([2H])c([2H])c([2H])c([2H])c23)c1[2H]. The Bertz CT molecular complexity index is 9310. The molecular weight excluding hydrogens is 1110 g/mol. The van der Waals surface area contributed by atoms with Crippen LogP contribution in [0.2, 0.25) is 0 Å². The van der Waals surface area contributed by atoms with Crippen LogP contribution in [0.15, 0.2) is 347 Å². The third-order valence-corrected chi connectivity index (χ3v) is 14.8. The number of fused-ring (bicyclic) bond motifs is 14. The summed E-state index contributed by atoms with van der Waals surface area (Å²) in [5.41, 5.74) is -12.7. The highest BCUT2D eigenvalue weighted by molar-refractivity contribution is 6.26. The molecule has 0 saturated heterocycles. The van der Waals surface area contributed by atoms with Crippen LogP contribution in [0.3, 0.4) is 0 Å². The molecule has 0 atom stereocenters. The largest absolute Gasteiger partial charge is 0.456 e. The molecule has 2 heterocycles. The Morgan fingerprint density at radius 3 is 0.837 bits per heavy atom. The standard InChI is InChI=1S/C48H30O.C42H26O/c1-2-10-31(11-3-1)32-18-20-33(21-19-32)34-22-24-36(25-23-34)46-39-14-6-8-16-41(39)47(42-17-9-7-15-40(42)46)37-27-28-44-43(30-37)48-38-13-5-4-12-35(38)26-29-45(48)49-44;1-2-11-27(12-3-1)29-14-10-15-30(25-29)40-33-17-6-8-19-35(33)41(36-20-9-7-18-34(36)40)31-22-23-38-37(26-31)42-32-16-5-4-13-28(32)21-24-39(42)43-38/h1-30H;1-26H/i1D,2D,3D,4D,5D,6D,7D,8D,9D,10D,11D,12D,13D,14D,15D,16D,17D,18D,19D,20D,21D,22D,23D,24D,25D,26D,27D,28D,29D,30D;1D,2D,3D,4D,5D,6D,7D,8D,9D,10D,11D,12D,13D,15D,16D,17D,18D,19D,20D,21D,22D,23D,24D,25D,26D. The van der Waals surface area contributed by atoms with Crippen LogP contribution in [-0.4, -0.2) is 0 Å². The molecule has 0 amide bonds. The van der Waals surface area contributed by atoms with Crippen LogP contribution in [0.4, 0.5) is 0 Å². The molecule has 17 aromatic carbocycles. The van der Waals surface area contributed by atoms with Crippen LogP contribution < -0.4 is 0 Å². The minimum Gasteiger partial charge on any atom is -0.456 e. The Morgan fingerprint density at radius 1 is 0.174 bits per heavy atom. The summed E-state index contributed by atoms with van der Waals surface area (Å²) < 4.78 is 503. The maximum atomic E-state index is 9.89. The van der Waals surface area contributed by atoms with Crippen molar-refractivity contribution in [2.24, 2.45) is 0 Å². The van der Waals surface area contributed by atoms with E-state index in [1.54, 1.807) is 0 Å². The Balaban J connectivity index is 0.000000195. The van der Waals surface area contributed by atoms with Crippen molar-refractivity contribution in [3.63, 3.8) is 0 Å². The van der Waals surface area contributed by atoms with Crippen molar-refractivity contribution in [1.82, 2.24) is 0 Å². The molecule has 428 valence electrons. The van der Waals surface area contributed by atoms with Gasteiger partial charge in [0.05, 0.1) is 75.4 Å². The lowest BCUT2D eigenvalue weighted by Gasteiger charge is -2.18. The monoisotopic (exact) mass is 1220 g/mol. The number of rotatable bonds is 7. The predicted molar refractivity (Wildman–Crippen MR) is 391 cm³/mol. The second kappa shape index (κ2) is 21.9. The lowest BCUT2D eigenvalue weighted by atomic mass is 9.85. The fourth-order valence-corrected chi connectivity index (χ4v) is 10.9. The molecule has 0 saturated carbocycles. The van der Waals surface area contributed by atoms with E-state index in [2.05, 4.69) is 0 Å². The molecule has 2 heteroatoms. The second-order valence-electron chi connectivity index (χ2n) is 19.8. The minimum atomic E-state index is -1.14. The van der Waals surface area contributed by atoms with Crippen molar-refractivity contribution in [3.05, 3.63) is 338 Å². The van der Waals surface area contributed by atoms with Crippen molar-refractivity contribution in [2.75, 3.05) is 0 Å². The van der Waals surface area contributed by atoms with E-state index in [1.165, 1.54) is 0 Å². The zero-order chi connectivity index (χ0) is 109. The number of hydrogen-bond donors (Lipinski definition) is 0. The Morgan fingerprint density at radius 2 is 0.446 bits per heavy atom. The summed E-state index contributed by atoms with van der Waals surface area (Å²) in [4.78, 5) is 0. The van der Waals surface area contributed by atoms with E-state index in [1.807, 2.05) is 0 Å². The highest BCUT2D eigenvalue weighted by Gasteiger charge is 2.22. The van der Waals surface area contributed by atoms with Gasteiger partial charge >= 0.3 is 0 Å². The van der Waals surface area contributed by atoms with Crippen LogP contribution in [-0.2, 0) is 0 Å². The molecule has 0 aliphatic carbocycles. The fraction of sp³-hybridized carbons (Fsp3) is 0. The van der Waals surface area contributed by atoms with Gasteiger partial charge in [-0.15, -0.1) is 0 Å². The van der Waals surface area contributed by atoms with Crippen molar-refractivity contribution >= 4 is 109 Å². The van der Waals surface area contributed by atoms with Crippen molar-refractivity contribution < 1.29 is 84.2 Å². The first kappa shape index (κ1) is 21.6. The van der Waals surface area contributed by atoms with E-state index in [0.29, 0.717) is 0 Å². The fourth-order valence-electron chi connectivity index (χ4n) is 10.9. The molecule has 0 aliphatic heterocycles.